The van der Waals surface area contributed by atoms with Crippen LogP contribution in [0.15, 0.2) is 59.1 Å². The van der Waals surface area contributed by atoms with E-state index in [-0.39, 0.29) is 5.91 Å². The highest BCUT2D eigenvalue weighted by atomic mass is 79.9. The Kier molecular flexibility index (Phi) is 6.10. The molecular weight excluding hydrogens is 380 g/mol. The Bertz CT molecular complexity index is 700. The zero-order valence-corrected chi connectivity index (χ0v) is 16.0. The van der Waals surface area contributed by atoms with Crippen LogP contribution in [0.1, 0.15) is 12.5 Å². The van der Waals surface area contributed by atoms with Crippen molar-refractivity contribution in [2.24, 2.45) is 0 Å². The van der Waals surface area contributed by atoms with Crippen LogP contribution in [0.4, 0.5) is 0 Å². The molecule has 3 rings (SSSR count). The second kappa shape index (κ2) is 8.50. The summed E-state index contributed by atoms with van der Waals surface area (Å²) in [5.41, 5.74) is 1.35. The average Bonchev–Trinajstić information content (AvgIpc) is 2.62. The third-order valence-electron chi connectivity index (χ3n) is 4.54. The van der Waals surface area contributed by atoms with Gasteiger partial charge in [-0.3, -0.25) is 4.79 Å². The fourth-order valence-electron chi connectivity index (χ4n) is 3.16. The maximum atomic E-state index is 12.6. The SMILES string of the molecule is C[C@@H](Oc1cccc(Br)c1)C(=O)N1CC[NH+](Cc2ccccc2)CC1. The minimum absolute atomic E-state index is 0.0683. The molecule has 1 heterocycles. The largest absolute Gasteiger partial charge is 0.481 e. The van der Waals surface area contributed by atoms with E-state index >= 15 is 0 Å². The van der Waals surface area contributed by atoms with E-state index < -0.39 is 6.10 Å². The van der Waals surface area contributed by atoms with Gasteiger partial charge in [0.2, 0.25) is 0 Å². The quantitative estimate of drug-likeness (QED) is 0.829. The third kappa shape index (κ3) is 5.06. The molecule has 1 N–H and O–H groups in total. The monoisotopic (exact) mass is 403 g/mol. The normalized spacial score (nSPS) is 16.5. The number of hydrogen-bond donors (Lipinski definition) is 1. The Hall–Kier alpha value is -1.85. The predicted octanol–water partition coefficient (Wildman–Crippen LogP) is 2.14. The molecule has 5 heteroatoms. The summed E-state index contributed by atoms with van der Waals surface area (Å²) in [4.78, 5) is 16.1. The zero-order chi connectivity index (χ0) is 17.6. The van der Waals surface area contributed by atoms with E-state index in [2.05, 4.69) is 40.2 Å². The number of nitrogens with one attached hydrogen (secondary N) is 1. The van der Waals surface area contributed by atoms with Crippen molar-refractivity contribution in [1.29, 1.82) is 0 Å². The first kappa shape index (κ1) is 18.0. The Balaban J connectivity index is 1.49. The Morgan fingerprint density at radius 1 is 1.16 bits per heavy atom. The number of carbonyl (C=O) groups excluding carboxylic acids is 1. The lowest BCUT2D eigenvalue weighted by Crippen LogP contribution is -3.13. The molecular formula is C20H24BrN2O2+. The molecule has 1 saturated heterocycles. The van der Waals surface area contributed by atoms with Crippen LogP contribution in [0, 0.1) is 0 Å². The standard InChI is InChI=1S/C20H23BrN2O2/c1-16(25-19-9-5-8-18(21)14-19)20(24)23-12-10-22(11-13-23)15-17-6-3-2-4-7-17/h2-9,14,16H,10-13,15H2,1H3/p+1/t16-/m1/s1. The molecule has 132 valence electrons. The first-order chi connectivity index (χ1) is 12.1. The number of quaternary nitrogens is 1. The van der Waals surface area contributed by atoms with E-state index in [4.69, 9.17) is 4.74 Å². The molecule has 1 aliphatic rings. The molecule has 0 aliphatic carbocycles. The minimum atomic E-state index is -0.468. The van der Waals surface area contributed by atoms with Crippen LogP contribution in [-0.2, 0) is 11.3 Å². The number of amides is 1. The topological polar surface area (TPSA) is 34.0 Å². The first-order valence-electron chi connectivity index (χ1n) is 8.70. The smallest absolute Gasteiger partial charge is 0.263 e. The molecule has 4 nitrogen and oxygen atoms in total. The van der Waals surface area contributed by atoms with Crippen molar-refractivity contribution >= 4 is 21.8 Å². The van der Waals surface area contributed by atoms with Crippen LogP contribution in [-0.4, -0.2) is 43.1 Å². The maximum absolute atomic E-state index is 12.6. The highest BCUT2D eigenvalue weighted by Crippen LogP contribution is 2.19. The number of ether oxygens (including phenoxy) is 1. The number of benzene rings is 2. The van der Waals surface area contributed by atoms with Crippen molar-refractivity contribution in [2.45, 2.75) is 19.6 Å². The van der Waals surface area contributed by atoms with Crippen molar-refractivity contribution in [1.82, 2.24) is 4.90 Å². The minimum Gasteiger partial charge on any atom is -0.481 e. The van der Waals surface area contributed by atoms with Gasteiger partial charge in [-0.05, 0) is 25.1 Å². The number of hydrogen-bond acceptors (Lipinski definition) is 2. The number of carbonyl (C=O) groups is 1. The van der Waals surface area contributed by atoms with Gasteiger partial charge >= 0.3 is 0 Å². The number of nitrogens with zero attached hydrogens (tertiary/aromatic N) is 1. The van der Waals surface area contributed by atoms with Crippen molar-refractivity contribution in [3.8, 4) is 5.75 Å². The van der Waals surface area contributed by atoms with Crippen LogP contribution in [0.2, 0.25) is 0 Å². The highest BCUT2D eigenvalue weighted by Gasteiger charge is 2.27. The molecule has 0 saturated carbocycles. The van der Waals surface area contributed by atoms with E-state index in [1.807, 2.05) is 42.2 Å². The molecule has 0 aromatic heterocycles. The fraction of sp³-hybridized carbons (Fsp3) is 0.350. The second-order valence-electron chi connectivity index (χ2n) is 6.46. The lowest BCUT2D eigenvalue weighted by molar-refractivity contribution is -0.917. The molecule has 2 aromatic rings. The lowest BCUT2D eigenvalue weighted by Gasteiger charge is -2.33. The van der Waals surface area contributed by atoms with Crippen LogP contribution < -0.4 is 9.64 Å². The van der Waals surface area contributed by atoms with Gasteiger partial charge in [0, 0.05) is 10.0 Å². The van der Waals surface area contributed by atoms with Gasteiger partial charge in [-0.1, -0.05) is 52.3 Å². The van der Waals surface area contributed by atoms with Crippen LogP contribution >= 0.6 is 15.9 Å². The summed E-state index contributed by atoms with van der Waals surface area (Å²) in [6.45, 7) is 6.37. The van der Waals surface area contributed by atoms with Gasteiger partial charge in [-0.25, -0.2) is 0 Å². The van der Waals surface area contributed by atoms with Gasteiger partial charge in [0.15, 0.2) is 6.10 Å². The fourth-order valence-corrected chi connectivity index (χ4v) is 3.53. The van der Waals surface area contributed by atoms with E-state index in [1.54, 1.807) is 0 Å². The van der Waals surface area contributed by atoms with Gasteiger partial charge in [0.1, 0.15) is 12.3 Å². The van der Waals surface area contributed by atoms with Gasteiger partial charge < -0.3 is 14.5 Å². The summed E-state index contributed by atoms with van der Waals surface area (Å²) in [7, 11) is 0. The highest BCUT2D eigenvalue weighted by molar-refractivity contribution is 9.10. The number of piperazine rings is 1. The Morgan fingerprint density at radius 3 is 2.56 bits per heavy atom. The van der Waals surface area contributed by atoms with Gasteiger partial charge in [0.25, 0.3) is 5.91 Å². The summed E-state index contributed by atoms with van der Waals surface area (Å²) in [6.07, 6.45) is -0.468. The molecule has 1 amide bonds. The number of rotatable bonds is 5. The number of halogens is 1. The van der Waals surface area contributed by atoms with E-state index in [0.717, 1.165) is 37.2 Å². The zero-order valence-electron chi connectivity index (χ0n) is 14.5. The Morgan fingerprint density at radius 2 is 1.88 bits per heavy atom. The van der Waals surface area contributed by atoms with Gasteiger partial charge in [-0.15, -0.1) is 0 Å². The molecule has 1 atom stereocenters. The predicted molar refractivity (Wildman–Crippen MR) is 102 cm³/mol. The Labute approximate surface area is 157 Å². The van der Waals surface area contributed by atoms with Gasteiger partial charge in [-0.2, -0.15) is 0 Å². The van der Waals surface area contributed by atoms with E-state index in [1.165, 1.54) is 10.5 Å². The molecule has 0 radical (unpaired) electrons. The first-order valence-corrected chi connectivity index (χ1v) is 9.49. The average molecular weight is 404 g/mol. The summed E-state index contributed by atoms with van der Waals surface area (Å²) in [5, 5.41) is 0. The third-order valence-corrected chi connectivity index (χ3v) is 5.03. The second-order valence-corrected chi connectivity index (χ2v) is 7.37. The van der Waals surface area contributed by atoms with Gasteiger partial charge in [0.05, 0.1) is 26.2 Å². The van der Waals surface area contributed by atoms with Crippen LogP contribution in [0.5, 0.6) is 5.75 Å². The molecule has 0 bridgehead atoms. The lowest BCUT2D eigenvalue weighted by atomic mass is 10.2. The molecule has 0 unspecified atom stereocenters. The molecule has 25 heavy (non-hydrogen) atoms. The van der Waals surface area contributed by atoms with Crippen molar-refractivity contribution in [2.75, 3.05) is 26.2 Å². The summed E-state index contributed by atoms with van der Waals surface area (Å²) in [5.74, 6) is 0.780. The van der Waals surface area contributed by atoms with E-state index in [9.17, 15) is 4.79 Å². The van der Waals surface area contributed by atoms with E-state index in [0.29, 0.717) is 5.75 Å². The van der Waals surface area contributed by atoms with Crippen LogP contribution in [0.3, 0.4) is 0 Å². The molecule has 1 fully saturated rings. The van der Waals surface area contributed by atoms with Crippen molar-refractivity contribution < 1.29 is 14.4 Å². The molecule has 0 spiro atoms. The van der Waals surface area contributed by atoms with Crippen molar-refractivity contribution in [3.05, 3.63) is 64.6 Å². The van der Waals surface area contributed by atoms with Crippen LogP contribution in [0.25, 0.3) is 0 Å². The summed E-state index contributed by atoms with van der Waals surface area (Å²) >= 11 is 3.42. The molecule has 2 aromatic carbocycles. The molecule has 1 aliphatic heterocycles. The summed E-state index contributed by atoms with van der Waals surface area (Å²) in [6, 6.07) is 18.1. The maximum Gasteiger partial charge on any atom is 0.263 e. The summed E-state index contributed by atoms with van der Waals surface area (Å²) < 4.78 is 6.75. The van der Waals surface area contributed by atoms with Crippen molar-refractivity contribution in [3.63, 3.8) is 0 Å².